The molecule has 0 fully saturated rings. The van der Waals surface area contributed by atoms with Gasteiger partial charge in [-0.25, -0.2) is 0 Å². The predicted octanol–water partition coefficient (Wildman–Crippen LogP) is 1.51. The molecule has 1 heterocycles. The van der Waals surface area contributed by atoms with Crippen LogP contribution in [0.1, 0.15) is 25.5 Å². The van der Waals surface area contributed by atoms with Gasteiger partial charge in [0.25, 0.3) is 0 Å². The SMILES string of the molecule is CC(CN)CC(=O)N(CCC#N)Cc1ccco1. The number of amides is 1. The number of carbonyl (C=O) groups is 1. The lowest BCUT2D eigenvalue weighted by atomic mass is 10.1. The van der Waals surface area contributed by atoms with Crippen LogP contribution in [0.25, 0.3) is 0 Å². The maximum Gasteiger partial charge on any atom is 0.223 e. The van der Waals surface area contributed by atoms with Crippen molar-refractivity contribution in [2.75, 3.05) is 13.1 Å². The number of nitriles is 1. The molecule has 1 aromatic heterocycles. The van der Waals surface area contributed by atoms with E-state index in [1.165, 1.54) is 0 Å². The van der Waals surface area contributed by atoms with E-state index < -0.39 is 0 Å². The quantitative estimate of drug-likeness (QED) is 0.793. The van der Waals surface area contributed by atoms with E-state index >= 15 is 0 Å². The van der Waals surface area contributed by atoms with Crippen molar-refractivity contribution < 1.29 is 9.21 Å². The monoisotopic (exact) mass is 249 g/mol. The smallest absolute Gasteiger partial charge is 0.223 e. The maximum atomic E-state index is 12.1. The first kappa shape index (κ1) is 14.3. The van der Waals surface area contributed by atoms with Gasteiger partial charge in [0, 0.05) is 13.0 Å². The molecule has 0 bridgehead atoms. The van der Waals surface area contributed by atoms with Crippen molar-refractivity contribution in [3.05, 3.63) is 24.2 Å². The Morgan fingerprint density at radius 2 is 2.44 bits per heavy atom. The predicted molar refractivity (Wildman–Crippen MR) is 67.2 cm³/mol. The second-order valence-electron chi connectivity index (χ2n) is 4.35. The molecule has 1 unspecified atom stereocenters. The number of nitrogens with two attached hydrogens (primary N) is 1. The Morgan fingerprint density at radius 3 is 3.00 bits per heavy atom. The lowest BCUT2D eigenvalue weighted by Crippen LogP contribution is -2.33. The summed E-state index contributed by atoms with van der Waals surface area (Å²) in [4.78, 5) is 13.7. The molecule has 18 heavy (non-hydrogen) atoms. The van der Waals surface area contributed by atoms with Crippen LogP contribution >= 0.6 is 0 Å². The first-order valence-electron chi connectivity index (χ1n) is 6.04. The molecular formula is C13H19N3O2. The highest BCUT2D eigenvalue weighted by atomic mass is 16.3. The molecule has 1 aromatic rings. The summed E-state index contributed by atoms with van der Waals surface area (Å²) in [6, 6.07) is 5.65. The standard InChI is InChI=1S/C13H19N3O2/c1-11(9-15)8-13(17)16(6-3-5-14)10-12-4-2-7-18-12/h2,4,7,11H,3,6,8-10,15H2,1H3. The molecule has 0 spiro atoms. The number of hydrogen-bond acceptors (Lipinski definition) is 4. The molecule has 5 heteroatoms. The fourth-order valence-electron chi connectivity index (χ4n) is 1.58. The summed E-state index contributed by atoms with van der Waals surface area (Å²) in [6.45, 7) is 3.25. The Balaban J connectivity index is 2.59. The summed E-state index contributed by atoms with van der Waals surface area (Å²) in [5.41, 5.74) is 5.52. The van der Waals surface area contributed by atoms with Gasteiger partial charge in [-0.15, -0.1) is 0 Å². The third kappa shape index (κ3) is 4.60. The number of furan rings is 1. The third-order valence-corrected chi connectivity index (χ3v) is 2.70. The lowest BCUT2D eigenvalue weighted by molar-refractivity contribution is -0.132. The largest absolute Gasteiger partial charge is 0.467 e. The van der Waals surface area contributed by atoms with Gasteiger partial charge in [-0.1, -0.05) is 6.92 Å². The second-order valence-corrected chi connectivity index (χ2v) is 4.35. The zero-order chi connectivity index (χ0) is 13.4. The summed E-state index contributed by atoms with van der Waals surface area (Å²) in [6.07, 6.45) is 2.30. The van der Waals surface area contributed by atoms with Crippen molar-refractivity contribution in [2.24, 2.45) is 11.7 Å². The normalized spacial score (nSPS) is 11.8. The highest BCUT2D eigenvalue weighted by molar-refractivity contribution is 5.76. The summed E-state index contributed by atoms with van der Waals surface area (Å²) >= 11 is 0. The number of rotatable bonds is 7. The van der Waals surface area contributed by atoms with Crippen LogP contribution < -0.4 is 5.73 Å². The summed E-state index contributed by atoms with van der Waals surface area (Å²) in [7, 11) is 0. The molecule has 2 N–H and O–H groups in total. The van der Waals surface area contributed by atoms with Gasteiger partial charge in [-0.05, 0) is 24.6 Å². The minimum Gasteiger partial charge on any atom is -0.467 e. The second kappa shape index (κ2) is 7.51. The van der Waals surface area contributed by atoms with E-state index in [1.807, 2.05) is 13.0 Å². The molecule has 1 rings (SSSR count). The molecule has 98 valence electrons. The van der Waals surface area contributed by atoms with Gasteiger partial charge >= 0.3 is 0 Å². The number of hydrogen-bond donors (Lipinski definition) is 1. The Morgan fingerprint density at radius 1 is 1.67 bits per heavy atom. The van der Waals surface area contributed by atoms with Gasteiger partial charge in [0.1, 0.15) is 5.76 Å². The van der Waals surface area contributed by atoms with Crippen molar-refractivity contribution in [3.63, 3.8) is 0 Å². The van der Waals surface area contributed by atoms with E-state index in [2.05, 4.69) is 6.07 Å². The minimum atomic E-state index is 0.0135. The zero-order valence-corrected chi connectivity index (χ0v) is 10.6. The van der Waals surface area contributed by atoms with Crippen LogP contribution in [0.5, 0.6) is 0 Å². The highest BCUT2D eigenvalue weighted by Gasteiger charge is 2.17. The van der Waals surface area contributed by atoms with Gasteiger partial charge in [-0.3, -0.25) is 4.79 Å². The average Bonchev–Trinajstić information content (AvgIpc) is 2.86. The van der Waals surface area contributed by atoms with Crippen LogP contribution in [0.3, 0.4) is 0 Å². The zero-order valence-electron chi connectivity index (χ0n) is 10.6. The van der Waals surface area contributed by atoms with E-state index in [4.69, 9.17) is 15.4 Å². The fourth-order valence-corrected chi connectivity index (χ4v) is 1.58. The van der Waals surface area contributed by atoms with Crippen molar-refractivity contribution in [1.82, 2.24) is 4.90 Å². The molecule has 5 nitrogen and oxygen atoms in total. The van der Waals surface area contributed by atoms with E-state index in [0.717, 1.165) is 5.76 Å². The molecule has 0 radical (unpaired) electrons. The molecule has 1 atom stereocenters. The van der Waals surface area contributed by atoms with E-state index in [-0.39, 0.29) is 11.8 Å². The van der Waals surface area contributed by atoms with Gasteiger partial charge in [-0.2, -0.15) is 5.26 Å². The minimum absolute atomic E-state index is 0.0135. The van der Waals surface area contributed by atoms with E-state index in [9.17, 15) is 4.79 Å². The first-order chi connectivity index (χ1) is 8.67. The molecular weight excluding hydrogens is 230 g/mol. The van der Waals surface area contributed by atoms with Crippen molar-refractivity contribution in [2.45, 2.75) is 26.3 Å². The Kier molecular flexibility index (Phi) is 5.95. The van der Waals surface area contributed by atoms with Crippen molar-refractivity contribution >= 4 is 5.91 Å². The molecule has 0 saturated carbocycles. The summed E-state index contributed by atoms with van der Waals surface area (Å²) in [5.74, 6) is 0.889. The van der Waals surface area contributed by atoms with Crippen LogP contribution in [0.4, 0.5) is 0 Å². The molecule has 1 amide bonds. The Hall–Kier alpha value is -1.80. The molecule has 0 aromatic carbocycles. The fraction of sp³-hybridized carbons (Fsp3) is 0.538. The van der Waals surface area contributed by atoms with Crippen LogP contribution in [-0.4, -0.2) is 23.9 Å². The average molecular weight is 249 g/mol. The lowest BCUT2D eigenvalue weighted by Gasteiger charge is -2.22. The van der Waals surface area contributed by atoms with Crippen molar-refractivity contribution in [3.8, 4) is 6.07 Å². The number of carbonyl (C=O) groups excluding carboxylic acids is 1. The van der Waals surface area contributed by atoms with Gasteiger partial charge in [0.05, 0.1) is 25.3 Å². The topological polar surface area (TPSA) is 83.3 Å². The van der Waals surface area contributed by atoms with Crippen LogP contribution in [0, 0.1) is 17.2 Å². The Bertz CT molecular complexity index is 395. The van der Waals surface area contributed by atoms with Crippen molar-refractivity contribution in [1.29, 1.82) is 5.26 Å². The van der Waals surface area contributed by atoms with Gasteiger partial charge in [0.2, 0.25) is 5.91 Å². The highest BCUT2D eigenvalue weighted by Crippen LogP contribution is 2.10. The molecule has 0 aliphatic heterocycles. The molecule has 0 aliphatic carbocycles. The van der Waals surface area contributed by atoms with Crippen LogP contribution in [0.15, 0.2) is 22.8 Å². The number of nitrogens with zero attached hydrogens (tertiary/aromatic N) is 2. The third-order valence-electron chi connectivity index (χ3n) is 2.70. The van der Waals surface area contributed by atoms with E-state index in [1.54, 1.807) is 17.2 Å². The van der Waals surface area contributed by atoms with E-state index in [0.29, 0.717) is 32.5 Å². The van der Waals surface area contributed by atoms with Crippen LogP contribution in [0.2, 0.25) is 0 Å². The Labute approximate surface area is 107 Å². The molecule has 0 aliphatic rings. The summed E-state index contributed by atoms with van der Waals surface area (Å²) < 4.78 is 5.22. The van der Waals surface area contributed by atoms with Crippen LogP contribution in [-0.2, 0) is 11.3 Å². The molecule has 0 saturated heterocycles. The van der Waals surface area contributed by atoms with Gasteiger partial charge in [0.15, 0.2) is 0 Å². The van der Waals surface area contributed by atoms with Gasteiger partial charge < -0.3 is 15.1 Å². The maximum absolute atomic E-state index is 12.1. The summed E-state index contributed by atoms with van der Waals surface area (Å²) in [5, 5.41) is 8.62. The first-order valence-corrected chi connectivity index (χ1v) is 6.04.